The van der Waals surface area contributed by atoms with Crippen LogP contribution in [0.4, 0.5) is 0 Å². The first-order valence-corrected chi connectivity index (χ1v) is 13.9. The van der Waals surface area contributed by atoms with Crippen molar-refractivity contribution < 1.29 is 0 Å². The molecule has 0 spiro atoms. The van der Waals surface area contributed by atoms with E-state index in [9.17, 15) is 0 Å². The topological polar surface area (TPSA) is 79.1 Å². The molecule has 0 aromatic heterocycles. The van der Waals surface area contributed by atoms with E-state index in [0.29, 0.717) is 6.54 Å². The summed E-state index contributed by atoms with van der Waals surface area (Å²) in [4.78, 5) is 2.60. The van der Waals surface area contributed by atoms with E-state index in [-0.39, 0.29) is 0 Å². The largest absolute Gasteiger partial charge is 0.403 e. The van der Waals surface area contributed by atoms with Crippen LogP contribution in [0.15, 0.2) is 67.4 Å². The number of benzene rings is 2. The number of rotatable bonds is 13. The second-order valence-electron chi connectivity index (χ2n) is 9.81. The van der Waals surface area contributed by atoms with Gasteiger partial charge in [0.05, 0.1) is 6.07 Å². The predicted octanol–water partition coefficient (Wildman–Crippen LogP) is 7.39. The Morgan fingerprint density at radius 1 is 0.865 bits per heavy atom. The van der Waals surface area contributed by atoms with Gasteiger partial charge in [0.15, 0.2) is 0 Å². The lowest BCUT2D eigenvalue weighted by atomic mass is 10.00. The monoisotopic (exact) mass is 502 g/mol. The summed E-state index contributed by atoms with van der Waals surface area (Å²) in [5.74, 6) is 0. The van der Waals surface area contributed by atoms with Crippen LogP contribution in [0, 0.1) is 11.3 Å². The van der Waals surface area contributed by atoms with Crippen LogP contribution in [0.25, 0.3) is 5.57 Å². The van der Waals surface area contributed by atoms with Gasteiger partial charge in [-0.25, -0.2) is 0 Å². The van der Waals surface area contributed by atoms with Crippen molar-refractivity contribution in [1.29, 1.82) is 5.26 Å². The Bertz CT molecular complexity index is 916. The van der Waals surface area contributed by atoms with Gasteiger partial charge in [0.1, 0.15) is 0 Å². The molecule has 1 aliphatic heterocycles. The third-order valence-electron chi connectivity index (χ3n) is 6.52. The van der Waals surface area contributed by atoms with Gasteiger partial charge in [-0.15, -0.1) is 0 Å². The van der Waals surface area contributed by atoms with E-state index in [0.717, 1.165) is 36.9 Å². The maximum atomic E-state index is 7.32. The molecule has 0 atom stereocenters. The molecular formula is C33H50N4. The lowest BCUT2D eigenvalue weighted by Gasteiger charge is -2.13. The molecule has 4 N–H and O–H groups in total. The number of likely N-dealkylation sites (tertiary alicyclic amines) is 1. The van der Waals surface area contributed by atoms with Crippen molar-refractivity contribution in [1.82, 2.24) is 4.90 Å². The van der Waals surface area contributed by atoms with Gasteiger partial charge in [-0.05, 0) is 105 Å². The average molecular weight is 503 g/mol. The van der Waals surface area contributed by atoms with Crippen molar-refractivity contribution in [3.8, 4) is 6.07 Å². The second-order valence-corrected chi connectivity index (χ2v) is 9.81. The number of nitrogens with two attached hydrogens (primary N) is 2. The summed E-state index contributed by atoms with van der Waals surface area (Å²) in [6.07, 6.45) is 11.9. The van der Waals surface area contributed by atoms with Crippen LogP contribution in [0.5, 0.6) is 0 Å². The Morgan fingerprint density at radius 3 is 1.89 bits per heavy atom. The molecule has 0 radical (unpaired) electrons. The molecule has 2 aromatic carbocycles. The van der Waals surface area contributed by atoms with E-state index in [4.69, 9.17) is 16.7 Å². The highest BCUT2D eigenvalue weighted by atomic mass is 15.1. The van der Waals surface area contributed by atoms with Crippen LogP contribution in [0.1, 0.15) is 87.5 Å². The van der Waals surface area contributed by atoms with E-state index in [2.05, 4.69) is 73.5 Å². The smallest absolute Gasteiger partial charge is 0.0587 e. The van der Waals surface area contributed by atoms with Crippen LogP contribution in [0.2, 0.25) is 0 Å². The van der Waals surface area contributed by atoms with E-state index < -0.39 is 0 Å². The molecule has 3 rings (SSSR count). The quantitative estimate of drug-likeness (QED) is 0.280. The fourth-order valence-corrected chi connectivity index (χ4v) is 4.39. The fourth-order valence-electron chi connectivity index (χ4n) is 4.39. The standard InChI is InChI=1S/C16H25N.C15H22N2.C2H3N/c1-2-6-15-8-10-16(11-9-15)7-5-14-17-12-3-4-13-17;1-12(5-3-4-6-13(2)17)15-9-7-14(11-16)8-10-15;1-2-3/h8-11H,2-7,12-14H2,1H3;7-10H,1-6,11,16-17H2;1H3. The van der Waals surface area contributed by atoms with Gasteiger partial charge in [0.2, 0.25) is 0 Å². The minimum Gasteiger partial charge on any atom is -0.403 e. The molecule has 1 heterocycles. The van der Waals surface area contributed by atoms with E-state index >= 15 is 0 Å². The number of nitrogens with zero attached hydrogens (tertiary/aromatic N) is 2. The number of allylic oxidation sites excluding steroid dienone is 2. The van der Waals surface area contributed by atoms with E-state index in [1.165, 1.54) is 87.3 Å². The minimum absolute atomic E-state index is 0.589. The van der Waals surface area contributed by atoms with Crippen molar-refractivity contribution in [3.63, 3.8) is 0 Å². The molecule has 37 heavy (non-hydrogen) atoms. The molecule has 4 heteroatoms. The van der Waals surface area contributed by atoms with Gasteiger partial charge in [0.25, 0.3) is 0 Å². The molecule has 202 valence electrons. The minimum atomic E-state index is 0.589. The molecule has 4 nitrogen and oxygen atoms in total. The zero-order valence-corrected chi connectivity index (χ0v) is 23.5. The Balaban J connectivity index is 0.000000335. The van der Waals surface area contributed by atoms with Crippen molar-refractivity contribution in [2.24, 2.45) is 11.5 Å². The molecule has 1 saturated heterocycles. The molecule has 0 bridgehead atoms. The lowest BCUT2D eigenvalue weighted by Crippen LogP contribution is -2.20. The maximum Gasteiger partial charge on any atom is 0.0587 e. The van der Waals surface area contributed by atoms with Crippen molar-refractivity contribution in [2.75, 3.05) is 19.6 Å². The van der Waals surface area contributed by atoms with Gasteiger partial charge in [-0.3, -0.25) is 0 Å². The summed E-state index contributed by atoms with van der Waals surface area (Å²) in [5, 5.41) is 7.32. The van der Waals surface area contributed by atoms with Gasteiger partial charge < -0.3 is 16.4 Å². The number of unbranched alkanes of at least 4 members (excludes halogenated alkanes) is 1. The Hall–Kier alpha value is -2.87. The summed E-state index contributed by atoms with van der Waals surface area (Å²) < 4.78 is 0. The van der Waals surface area contributed by atoms with E-state index in [1.54, 1.807) is 6.07 Å². The first kappa shape index (κ1) is 32.2. The van der Waals surface area contributed by atoms with Gasteiger partial charge in [-0.1, -0.05) is 75.0 Å². The van der Waals surface area contributed by atoms with Gasteiger partial charge in [0, 0.05) is 19.2 Å². The van der Waals surface area contributed by atoms with Crippen molar-refractivity contribution >= 4 is 5.57 Å². The summed E-state index contributed by atoms with van der Waals surface area (Å²) in [7, 11) is 0. The molecule has 2 aromatic rings. The highest BCUT2D eigenvalue weighted by molar-refractivity contribution is 5.63. The molecule has 0 aliphatic carbocycles. The van der Waals surface area contributed by atoms with Crippen LogP contribution in [-0.2, 0) is 19.4 Å². The molecule has 0 unspecified atom stereocenters. The zero-order chi connectivity index (χ0) is 27.3. The number of nitriles is 1. The van der Waals surface area contributed by atoms with Crippen LogP contribution >= 0.6 is 0 Å². The third-order valence-corrected chi connectivity index (χ3v) is 6.52. The molecule has 1 aliphatic rings. The molecular weight excluding hydrogens is 452 g/mol. The Morgan fingerprint density at radius 2 is 1.38 bits per heavy atom. The van der Waals surface area contributed by atoms with Crippen LogP contribution in [-0.4, -0.2) is 24.5 Å². The predicted molar refractivity (Wildman–Crippen MR) is 161 cm³/mol. The number of aryl methyl sites for hydroxylation is 2. The number of hydrogen-bond donors (Lipinski definition) is 2. The summed E-state index contributed by atoms with van der Waals surface area (Å²) >= 11 is 0. The molecule has 1 fully saturated rings. The third kappa shape index (κ3) is 15.1. The Labute approximate surface area is 227 Å². The van der Waals surface area contributed by atoms with Gasteiger partial charge >= 0.3 is 0 Å². The van der Waals surface area contributed by atoms with E-state index in [1.807, 2.05) is 0 Å². The first-order chi connectivity index (χ1) is 17.9. The Kier molecular flexibility index (Phi) is 17.6. The zero-order valence-electron chi connectivity index (χ0n) is 23.5. The van der Waals surface area contributed by atoms with Gasteiger partial charge in [-0.2, -0.15) is 5.26 Å². The number of hydrogen-bond acceptors (Lipinski definition) is 4. The molecule has 0 amide bonds. The van der Waals surface area contributed by atoms with Crippen molar-refractivity contribution in [3.05, 3.63) is 89.6 Å². The highest BCUT2D eigenvalue weighted by Crippen LogP contribution is 2.20. The summed E-state index contributed by atoms with van der Waals surface area (Å²) in [6.45, 7) is 16.0. The molecule has 0 saturated carbocycles. The van der Waals surface area contributed by atoms with Crippen molar-refractivity contribution in [2.45, 2.75) is 84.6 Å². The summed E-state index contributed by atoms with van der Waals surface area (Å²) in [6, 6.07) is 19.3. The highest BCUT2D eigenvalue weighted by Gasteiger charge is 2.10. The summed E-state index contributed by atoms with van der Waals surface area (Å²) in [5.41, 5.74) is 18.4. The first-order valence-electron chi connectivity index (χ1n) is 13.9. The van der Waals surface area contributed by atoms with Crippen LogP contribution < -0.4 is 11.5 Å². The average Bonchev–Trinajstić information content (AvgIpc) is 3.42. The lowest BCUT2D eigenvalue weighted by molar-refractivity contribution is 0.334. The SMILES string of the molecule is C=C(N)CCCCC(=C)c1ccc(CN)cc1.CC#N.CCCc1ccc(CCCN2CCCC2)cc1. The fraction of sp³-hybridized carbons (Fsp3) is 0.485. The normalized spacial score (nSPS) is 12.5. The van der Waals surface area contributed by atoms with Crippen LogP contribution in [0.3, 0.4) is 0 Å². The maximum absolute atomic E-state index is 7.32. The second kappa shape index (κ2) is 20.2.